The molecule has 1 saturated heterocycles. The number of ether oxygens (including phenoxy) is 1. The average molecular weight is 315 g/mol. The molecule has 3 heterocycles. The highest BCUT2D eigenvalue weighted by Crippen LogP contribution is 2.42. The number of alkyl halides is 3. The Morgan fingerprint density at radius 3 is 2.68 bits per heavy atom. The Bertz CT molecular complexity index is 574. The van der Waals surface area contributed by atoms with Crippen LogP contribution >= 0.6 is 0 Å². The van der Waals surface area contributed by atoms with E-state index in [2.05, 4.69) is 28.6 Å². The molecule has 1 aromatic rings. The molecule has 0 aromatic carbocycles. The zero-order chi connectivity index (χ0) is 16.1. The first-order chi connectivity index (χ1) is 10.3. The molecule has 3 rings (SSSR count). The van der Waals surface area contributed by atoms with E-state index in [0.717, 1.165) is 25.8 Å². The second kappa shape index (κ2) is 5.30. The number of anilines is 1. The number of pyridine rings is 1. The van der Waals surface area contributed by atoms with Crippen LogP contribution in [0.3, 0.4) is 0 Å². The van der Waals surface area contributed by atoms with Crippen LogP contribution in [0.5, 0.6) is 5.75 Å². The topological polar surface area (TPSA) is 28.6 Å². The lowest BCUT2D eigenvalue weighted by Crippen LogP contribution is -2.58. The summed E-state index contributed by atoms with van der Waals surface area (Å²) in [6, 6.07) is 0.595. The average Bonchev–Trinajstić information content (AvgIpc) is 2.45. The predicted octanol–water partition coefficient (Wildman–Crippen LogP) is 2.70. The van der Waals surface area contributed by atoms with Crippen molar-refractivity contribution < 1.29 is 17.9 Å². The first-order valence-corrected chi connectivity index (χ1v) is 7.49. The fraction of sp³-hybridized carbons (Fsp3) is 0.667. The summed E-state index contributed by atoms with van der Waals surface area (Å²) in [6.07, 6.45) is -3.47. The van der Waals surface area contributed by atoms with Gasteiger partial charge in [-0.2, -0.15) is 13.2 Å². The van der Waals surface area contributed by atoms with Gasteiger partial charge in [-0.05, 0) is 20.8 Å². The summed E-state index contributed by atoms with van der Waals surface area (Å²) >= 11 is 0. The van der Waals surface area contributed by atoms with Crippen molar-refractivity contribution in [3.05, 3.63) is 17.3 Å². The second-order valence-corrected chi connectivity index (χ2v) is 6.19. The van der Waals surface area contributed by atoms with Gasteiger partial charge in [0, 0.05) is 37.4 Å². The molecule has 0 unspecified atom stereocenters. The minimum atomic E-state index is -4.40. The van der Waals surface area contributed by atoms with Gasteiger partial charge in [0.25, 0.3) is 0 Å². The van der Waals surface area contributed by atoms with Crippen molar-refractivity contribution >= 4 is 5.82 Å². The Labute approximate surface area is 127 Å². The standard InChI is InChI=1S/C15H20F3N3O/c1-9(2)20-4-5-21-11(7-20)8-22-13-10(3)12(15(16,17)18)6-19-14(13)21/h6,9,11H,4-5,7-8H2,1-3H3/t11-/m1/s1. The van der Waals surface area contributed by atoms with Crippen LogP contribution in [0, 0.1) is 6.92 Å². The van der Waals surface area contributed by atoms with Crippen molar-refractivity contribution in [2.75, 3.05) is 31.1 Å². The molecule has 2 aliphatic heterocycles. The van der Waals surface area contributed by atoms with E-state index in [1.54, 1.807) is 0 Å². The number of hydrogen-bond acceptors (Lipinski definition) is 4. The Kier molecular flexibility index (Phi) is 3.71. The molecule has 122 valence electrons. The lowest BCUT2D eigenvalue weighted by atomic mass is 10.1. The van der Waals surface area contributed by atoms with Crippen LogP contribution < -0.4 is 9.64 Å². The summed E-state index contributed by atoms with van der Waals surface area (Å²) < 4.78 is 44.6. The van der Waals surface area contributed by atoms with Gasteiger partial charge in [0.05, 0.1) is 11.6 Å². The zero-order valence-electron chi connectivity index (χ0n) is 12.9. The van der Waals surface area contributed by atoms with E-state index < -0.39 is 11.7 Å². The normalized spacial score (nSPS) is 22.3. The summed E-state index contributed by atoms with van der Waals surface area (Å²) in [5.41, 5.74) is -0.590. The predicted molar refractivity (Wildman–Crippen MR) is 77.3 cm³/mol. The van der Waals surface area contributed by atoms with Gasteiger partial charge in [-0.15, -0.1) is 0 Å². The maximum atomic E-state index is 13.0. The Morgan fingerprint density at radius 2 is 2.05 bits per heavy atom. The molecule has 7 heteroatoms. The van der Waals surface area contributed by atoms with Crippen LogP contribution in [0.2, 0.25) is 0 Å². The quantitative estimate of drug-likeness (QED) is 0.797. The maximum absolute atomic E-state index is 13.0. The Balaban J connectivity index is 1.92. The van der Waals surface area contributed by atoms with Gasteiger partial charge in [0.1, 0.15) is 6.61 Å². The van der Waals surface area contributed by atoms with Crippen molar-refractivity contribution in [1.82, 2.24) is 9.88 Å². The summed E-state index contributed by atoms with van der Waals surface area (Å²) in [4.78, 5) is 8.50. The first-order valence-electron chi connectivity index (χ1n) is 7.49. The largest absolute Gasteiger partial charge is 0.487 e. The van der Waals surface area contributed by atoms with Crippen LogP contribution in [0.4, 0.5) is 19.0 Å². The van der Waals surface area contributed by atoms with Gasteiger partial charge >= 0.3 is 6.18 Å². The first kappa shape index (κ1) is 15.4. The fourth-order valence-corrected chi connectivity index (χ4v) is 3.18. The summed E-state index contributed by atoms with van der Waals surface area (Å²) in [6.45, 7) is 8.63. The molecule has 0 spiro atoms. The third kappa shape index (κ3) is 2.51. The molecule has 2 aliphatic rings. The fourth-order valence-electron chi connectivity index (χ4n) is 3.18. The highest BCUT2D eigenvalue weighted by molar-refractivity contribution is 5.61. The van der Waals surface area contributed by atoms with Gasteiger partial charge in [-0.25, -0.2) is 4.98 Å². The minimum absolute atomic E-state index is 0.127. The van der Waals surface area contributed by atoms with Gasteiger partial charge in [0.15, 0.2) is 11.6 Å². The van der Waals surface area contributed by atoms with Crippen LogP contribution in [0.15, 0.2) is 6.20 Å². The lowest BCUT2D eigenvalue weighted by Gasteiger charge is -2.46. The highest BCUT2D eigenvalue weighted by Gasteiger charge is 2.39. The third-order valence-electron chi connectivity index (χ3n) is 4.51. The monoisotopic (exact) mass is 315 g/mol. The van der Waals surface area contributed by atoms with E-state index in [0.29, 0.717) is 18.5 Å². The summed E-state index contributed by atoms with van der Waals surface area (Å²) in [5, 5.41) is 0. The molecular formula is C15H20F3N3O. The van der Waals surface area contributed by atoms with Gasteiger partial charge in [-0.3, -0.25) is 4.90 Å². The number of nitrogens with zero attached hydrogens (tertiary/aromatic N) is 3. The van der Waals surface area contributed by atoms with E-state index in [1.165, 1.54) is 6.92 Å². The molecule has 0 bridgehead atoms. The van der Waals surface area contributed by atoms with Crippen LogP contribution in [-0.2, 0) is 6.18 Å². The maximum Gasteiger partial charge on any atom is 0.418 e. The van der Waals surface area contributed by atoms with E-state index in [9.17, 15) is 13.2 Å². The smallest absolute Gasteiger partial charge is 0.418 e. The number of hydrogen-bond donors (Lipinski definition) is 0. The van der Waals surface area contributed by atoms with Gasteiger partial charge in [-0.1, -0.05) is 0 Å². The van der Waals surface area contributed by atoms with Crippen LogP contribution in [-0.4, -0.2) is 48.2 Å². The van der Waals surface area contributed by atoms with E-state index >= 15 is 0 Å². The highest BCUT2D eigenvalue weighted by atomic mass is 19.4. The van der Waals surface area contributed by atoms with Crippen molar-refractivity contribution in [3.63, 3.8) is 0 Å². The molecule has 0 radical (unpaired) electrons. The molecule has 1 fully saturated rings. The minimum Gasteiger partial charge on any atom is -0.487 e. The Morgan fingerprint density at radius 1 is 1.32 bits per heavy atom. The number of aromatic nitrogens is 1. The molecule has 1 aromatic heterocycles. The number of halogens is 3. The van der Waals surface area contributed by atoms with E-state index in [-0.39, 0.29) is 17.4 Å². The Hall–Kier alpha value is -1.50. The molecule has 0 aliphatic carbocycles. The van der Waals surface area contributed by atoms with Crippen molar-refractivity contribution in [2.24, 2.45) is 0 Å². The third-order valence-corrected chi connectivity index (χ3v) is 4.51. The van der Waals surface area contributed by atoms with Crippen molar-refractivity contribution in [3.8, 4) is 5.75 Å². The molecule has 22 heavy (non-hydrogen) atoms. The second-order valence-electron chi connectivity index (χ2n) is 6.19. The molecule has 0 N–H and O–H groups in total. The van der Waals surface area contributed by atoms with Crippen LogP contribution in [0.1, 0.15) is 25.0 Å². The summed E-state index contributed by atoms with van der Waals surface area (Å²) in [7, 11) is 0. The SMILES string of the molecule is Cc1c(C(F)(F)F)cnc2c1OC[C@H]1CN(C(C)C)CCN21. The van der Waals surface area contributed by atoms with E-state index in [4.69, 9.17) is 4.74 Å². The number of piperazine rings is 1. The van der Waals surface area contributed by atoms with E-state index in [1.807, 2.05) is 0 Å². The van der Waals surface area contributed by atoms with Gasteiger partial charge in [0.2, 0.25) is 0 Å². The lowest BCUT2D eigenvalue weighted by molar-refractivity contribution is -0.138. The number of fused-ring (bicyclic) bond motifs is 3. The van der Waals surface area contributed by atoms with Crippen molar-refractivity contribution in [2.45, 2.75) is 39.0 Å². The van der Waals surface area contributed by atoms with Crippen LogP contribution in [0.25, 0.3) is 0 Å². The molecule has 0 saturated carbocycles. The number of rotatable bonds is 1. The molecule has 4 nitrogen and oxygen atoms in total. The van der Waals surface area contributed by atoms with Gasteiger partial charge < -0.3 is 9.64 Å². The van der Waals surface area contributed by atoms with Crippen molar-refractivity contribution in [1.29, 1.82) is 0 Å². The summed E-state index contributed by atoms with van der Waals surface area (Å²) in [5.74, 6) is 0.828. The molecule has 0 amide bonds. The zero-order valence-corrected chi connectivity index (χ0v) is 12.9. The molecule has 1 atom stereocenters. The molecular weight excluding hydrogens is 295 g/mol.